The summed E-state index contributed by atoms with van der Waals surface area (Å²) in [5.41, 5.74) is 4.34. The molecule has 1 unspecified atom stereocenters. The van der Waals surface area contributed by atoms with Crippen molar-refractivity contribution in [3.63, 3.8) is 0 Å². The number of hydrogen-bond donors (Lipinski definition) is 0. The van der Waals surface area contributed by atoms with Gasteiger partial charge in [0.05, 0.1) is 5.69 Å². The summed E-state index contributed by atoms with van der Waals surface area (Å²) >= 11 is 0. The Labute approximate surface area is 226 Å². The van der Waals surface area contributed by atoms with Crippen molar-refractivity contribution in [1.82, 2.24) is 4.57 Å². The highest BCUT2D eigenvalue weighted by atomic mass is 16.1. The van der Waals surface area contributed by atoms with Crippen LogP contribution in [0.4, 0.5) is 5.69 Å². The first-order chi connectivity index (χ1) is 16.5. The smallest absolute Gasteiger partial charge is 0.163 e. The van der Waals surface area contributed by atoms with Crippen LogP contribution in [-0.2, 0) is 17.3 Å². The van der Waals surface area contributed by atoms with E-state index in [1.54, 1.807) is 6.21 Å². The molecule has 210 valence electrons. The van der Waals surface area contributed by atoms with Gasteiger partial charge >= 0.3 is 0 Å². The largest absolute Gasteiger partial charge is 0.349 e. The summed E-state index contributed by atoms with van der Waals surface area (Å²) in [6.45, 7) is 30.1. The van der Waals surface area contributed by atoms with E-state index in [4.69, 9.17) is 0 Å². The molecule has 0 spiro atoms. The fourth-order valence-electron chi connectivity index (χ4n) is 3.68. The molecule has 0 amide bonds. The van der Waals surface area contributed by atoms with E-state index in [1.165, 1.54) is 44.2 Å². The van der Waals surface area contributed by atoms with Gasteiger partial charge in [0.25, 0.3) is 0 Å². The number of carbonyl (C=O) groups excluding carboxylic acids is 1. The molecule has 0 aliphatic carbocycles. The molecule has 0 fully saturated rings. The van der Waals surface area contributed by atoms with E-state index in [2.05, 4.69) is 112 Å². The van der Waals surface area contributed by atoms with Crippen molar-refractivity contribution >= 4 is 17.7 Å². The number of ketones is 1. The normalized spacial score (nSPS) is 12.5. The first-order valence-electron chi connectivity index (χ1n) is 14.5. The Kier molecular flexibility index (Phi) is 18.8. The number of aromatic nitrogens is 1. The number of allylic oxidation sites excluding steroid dienone is 1. The highest BCUT2D eigenvalue weighted by Gasteiger charge is 2.20. The molecule has 3 heteroatoms. The van der Waals surface area contributed by atoms with Gasteiger partial charge in [-0.3, -0.25) is 9.79 Å². The number of hydrogen-bond acceptors (Lipinski definition) is 2. The third-order valence-electron chi connectivity index (χ3n) is 5.80. The lowest BCUT2D eigenvalue weighted by Crippen LogP contribution is -2.16. The second-order valence-electron chi connectivity index (χ2n) is 12.9. The third-order valence-corrected chi connectivity index (χ3v) is 5.80. The number of nitrogens with zero attached hydrogens (tertiary/aromatic N) is 2. The van der Waals surface area contributed by atoms with E-state index in [-0.39, 0.29) is 11.2 Å². The van der Waals surface area contributed by atoms with Gasteiger partial charge in [-0.25, -0.2) is 0 Å². The summed E-state index contributed by atoms with van der Waals surface area (Å²) in [4.78, 5) is 16.9. The molecule has 0 saturated carbocycles. The zero-order chi connectivity index (χ0) is 28.5. The van der Waals surface area contributed by atoms with E-state index in [0.717, 1.165) is 30.1 Å². The Morgan fingerprint density at radius 2 is 1.50 bits per heavy atom. The van der Waals surface area contributed by atoms with Crippen molar-refractivity contribution in [3.05, 3.63) is 29.6 Å². The van der Waals surface area contributed by atoms with Crippen molar-refractivity contribution in [2.75, 3.05) is 0 Å². The molecule has 0 aliphatic rings. The second kappa shape index (κ2) is 18.6. The lowest BCUT2D eigenvalue weighted by atomic mass is 9.92. The first kappa shape index (κ1) is 36.5. The molecular weight excluding hydrogens is 440 g/mol. The van der Waals surface area contributed by atoms with Gasteiger partial charge in [0.2, 0.25) is 0 Å². The molecule has 3 nitrogen and oxygen atoms in total. The summed E-state index contributed by atoms with van der Waals surface area (Å²) in [7, 11) is 2.07. The molecule has 1 rings (SSSR count). The van der Waals surface area contributed by atoms with Crippen LogP contribution < -0.4 is 0 Å². The van der Waals surface area contributed by atoms with Gasteiger partial charge in [0.1, 0.15) is 0 Å². The average Bonchev–Trinajstić information content (AvgIpc) is 3.05. The molecule has 0 bridgehead atoms. The van der Waals surface area contributed by atoms with Crippen molar-refractivity contribution in [3.8, 4) is 0 Å². The standard InChI is InChI=1S/C25H42N2O.C5H12.C3H8/c1-9-11-14-21(10-2)15-12-13-16-23(28)19(3)18-26-22-17-24(25(5,6)7)27(8)20(22)4;1-5(2,3)4;1-3-2/h17-18,21H,3,9-16H2,1-2,4-8H3;1-4H3;3H2,1-2H3. The van der Waals surface area contributed by atoms with E-state index in [1.807, 2.05) is 0 Å². The van der Waals surface area contributed by atoms with Crippen LogP contribution >= 0.6 is 0 Å². The number of carbonyl (C=O) groups is 1. The summed E-state index contributed by atoms with van der Waals surface area (Å²) in [5, 5.41) is 0. The maximum absolute atomic E-state index is 12.4. The summed E-state index contributed by atoms with van der Waals surface area (Å²) < 4.78 is 2.18. The summed E-state index contributed by atoms with van der Waals surface area (Å²) in [5.74, 6) is 0.938. The van der Waals surface area contributed by atoms with Crippen molar-refractivity contribution in [1.29, 1.82) is 0 Å². The highest BCUT2D eigenvalue weighted by molar-refractivity contribution is 6.13. The van der Waals surface area contributed by atoms with E-state index in [0.29, 0.717) is 17.4 Å². The van der Waals surface area contributed by atoms with E-state index >= 15 is 0 Å². The van der Waals surface area contributed by atoms with Gasteiger partial charge < -0.3 is 4.57 Å². The molecule has 0 radical (unpaired) electrons. The fraction of sp³-hybridized carbons (Fsp3) is 0.758. The number of rotatable bonds is 12. The molecule has 1 heterocycles. The van der Waals surface area contributed by atoms with Crippen molar-refractivity contribution in [2.24, 2.45) is 23.4 Å². The van der Waals surface area contributed by atoms with E-state index < -0.39 is 0 Å². The Morgan fingerprint density at radius 3 is 1.92 bits per heavy atom. The van der Waals surface area contributed by atoms with Gasteiger partial charge in [-0.2, -0.15) is 0 Å². The SMILES string of the molecule is C=C(C=Nc1cc(C(C)(C)C)n(C)c1C)C(=O)CCCCC(CC)CCCC.CC(C)(C)C.CCC. The van der Waals surface area contributed by atoms with Gasteiger partial charge in [0, 0.05) is 42.1 Å². The fourth-order valence-corrected chi connectivity index (χ4v) is 3.68. The molecule has 0 aliphatic heterocycles. The lowest BCUT2D eigenvalue weighted by Gasteiger charge is -2.19. The first-order valence-corrected chi connectivity index (χ1v) is 14.5. The van der Waals surface area contributed by atoms with Crippen LogP contribution in [0.3, 0.4) is 0 Å². The maximum Gasteiger partial charge on any atom is 0.163 e. The van der Waals surface area contributed by atoms with Gasteiger partial charge in [-0.05, 0) is 30.7 Å². The molecule has 36 heavy (non-hydrogen) atoms. The van der Waals surface area contributed by atoms with Gasteiger partial charge in [0.15, 0.2) is 5.78 Å². The van der Waals surface area contributed by atoms with Crippen LogP contribution in [0.25, 0.3) is 0 Å². The maximum atomic E-state index is 12.4. The Balaban J connectivity index is 0. The lowest BCUT2D eigenvalue weighted by molar-refractivity contribution is -0.115. The van der Waals surface area contributed by atoms with Crippen LogP contribution in [0.5, 0.6) is 0 Å². The molecule has 1 aromatic heterocycles. The zero-order valence-electron chi connectivity index (χ0n) is 26.6. The highest BCUT2D eigenvalue weighted by Crippen LogP contribution is 2.31. The van der Waals surface area contributed by atoms with Crippen LogP contribution in [0.2, 0.25) is 0 Å². The van der Waals surface area contributed by atoms with E-state index in [9.17, 15) is 4.79 Å². The minimum atomic E-state index is 0.0631. The number of aliphatic imine (C=N–C) groups is 1. The molecule has 0 aromatic carbocycles. The Bertz CT molecular complexity index is 763. The Hall–Kier alpha value is -1.64. The number of Topliss-reactive ketones (excluding diaryl/α,β-unsaturated/α-hetero) is 1. The van der Waals surface area contributed by atoms with Crippen LogP contribution in [-0.4, -0.2) is 16.6 Å². The Morgan fingerprint density at radius 1 is 1.00 bits per heavy atom. The molecule has 1 aromatic rings. The molecule has 0 saturated heterocycles. The van der Waals surface area contributed by atoms with Crippen molar-refractivity contribution < 1.29 is 4.79 Å². The van der Waals surface area contributed by atoms with Crippen LogP contribution in [0, 0.1) is 18.3 Å². The van der Waals surface area contributed by atoms with Crippen LogP contribution in [0.1, 0.15) is 145 Å². The predicted molar refractivity (Wildman–Crippen MR) is 164 cm³/mol. The monoisotopic (exact) mass is 502 g/mol. The van der Waals surface area contributed by atoms with Gasteiger partial charge in [-0.15, -0.1) is 0 Å². The topological polar surface area (TPSA) is 34.4 Å². The second-order valence-corrected chi connectivity index (χ2v) is 12.9. The third kappa shape index (κ3) is 17.7. The van der Waals surface area contributed by atoms with Crippen molar-refractivity contribution in [2.45, 2.75) is 146 Å². The quantitative estimate of drug-likeness (QED) is 0.159. The molecule has 1 atom stereocenters. The minimum absolute atomic E-state index is 0.0631. The average molecular weight is 503 g/mol. The molecular formula is C33H62N2O. The predicted octanol–water partition coefficient (Wildman–Crippen LogP) is 10.7. The van der Waals surface area contributed by atoms with Crippen LogP contribution in [0.15, 0.2) is 23.2 Å². The van der Waals surface area contributed by atoms with Gasteiger partial charge in [-0.1, -0.05) is 128 Å². The molecule has 0 N–H and O–H groups in total. The summed E-state index contributed by atoms with van der Waals surface area (Å²) in [6.07, 6.45) is 12.0. The zero-order valence-corrected chi connectivity index (χ0v) is 26.6. The minimum Gasteiger partial charge on any atom is -0.349 e. The number of unbranched alkanes of at least 4 members (excludes halogenated alkanes) is 2. The summed E-state index contributed by atoms with van der Waals surface area (Å²) in [6, 6.07) is 2.12.